The van der Waals surface area contributed by atoms with Crippen LogP contribution in [0.15, 0.2) is 0 Å². The van der Waals surface area contributed by atoms with E-state index in [-0.39, 0.29) is 24.4 Å². The molecule has 2 heterocycles. The Balaban J connectivity index is 2.03. The SMILES string of the molecule is CNCC(=O)NC1CCSC2CCC(C)N2C1=O. The van der Waals surface area contributed by atoms with Gasteiger partial charge in [0.1, 0.15) is 6.04 Å². The Bertz CT molecular complexity index is 337. The number of rotatable bonds is 3. The summed E-state index contributed by atoms with van der Waals surface area (Å²) in [6, 6.07) is -0.0410. The number of amides is 2. The van der Waals surface area contributed by atoms with Gasteiger partial charge in [-0.25, -0.2) is 0 Å². The third kappa shape index (κ3) is 2.80. The van der Waals surface area contributed by atoms with Gasteiger partial charge in [-0.05, 0) is 39.0 Å². The van der Waals surface area contributed by atoms with Crippen molar-refractivity contribution >= 4 is 23.6 Å². The highest BCUT2D eigenvalue weighted by Gasteiger charge is 2.40. The molecule has 2 saturated heterocycles. The molecular weight excluding hydrogens is 250 g/mol. The normalized spacial score (nSPS) is 32.0. The molecule has 2 N–H and O–H groups in total. The fraction of sp³-hybridized carbons (Fsp3) is 0.833. The maximum Gasteiger partial charge on any atom is 0.246 e. The minimum Gasteiger partial charge on any atom is -0.343 e. The molecule has 3 atom stereocenters. The van der Waals surface area contributed by atoms with Crippen LogP contribution in [-0.4, -0.2) is 53.5 Å². The Morgan fingerprint density at radius 1 is 1.44 bits per heavy atom. The van der Waals surface area contributed by atoms with Crippen LogP contribution in [0.2, 0.25) is 0 Å². The van der Waals surface area contributed by atoms with Gasteiger partial charge in [0.05, 0.1) is 11.9 Å². The van der Waals surface area contributed by atoms with Crippen LogP contribution >= 0.6 is 11.8 Å². The summed E-state index contributed by atoms with van der Waals surface area (Å²) >= 11 is 1.84. The summed E-state index contributed by atoms with van der Waals surface area (Å²) in [7, 11) is 1.73. The topological polar surface area (TPSA) is 61.4 Å². The number of likely N-dealkylation sites (N-methyl/N-ethyl adjacent to an activating group) is 1. The predicted molar refractivity (Wildman–Crippen MR) is 72.3 cm³/mol. The van der Waals surface area contributed by atoms with Gasteiger partial charge in [0, 0.05) is 6.04 Å². The highest BCUT2D eigenvalue weighted by atomic mass is 32.2. The zero-order valence-corrected chi connectivity index (χ0v) is 11.8. The minimum absolute atomic E-state index is 0.0967. The summed E-state index contributed by atoms with van der Waals surface area (Å²) in [4.78, 5) is 26.0. The third-order valence-electron chi connectivity index (χ3n) is 3.56. The first kappa shape index (κ1) is 13.7. The molecule has 0 radical (unpaired) electrons. The van der Waals surface area contributed by atoms with E-state index in [0.717, 1.165) is 25.0 Å². The molecule has 0 saturated carbocycles. The van der Waals surface area contributed by atoms with E-state index >= 15 is 0 Å². The first-order valence-electron chi connectivity index (χ1n) is 6.51. The summed E-state index contributed by atoms with van der Waals surface area (Å²) in [5.74, 6) is 0.926. The maximum absolute atomic E-state index is 12.5. The molecule has 0 spiro atoms. The average molecular weight is 271 g/mol. The molecule has 5 nitrogen and oxygen atoms in total. The molecule has 18 heavy (non-hydrogen) atoms. The number of thioether (sulfide) groups is 1. The van der Waals surface area contributed by atoms with Gasteiger partial charge < -0.3 is 15.5 Å². The van der Waals surface area contributed by atoms with Crippen LogP contribution < -0.4 is 10.6 Å². The van der Waals surface area contributed by atoms with Crippen molar-refractivity contribution in [1.29, 1.82) is 0 Å². The number of nitrogens with zero attached hydrogens (tertiary/aromatic N) is 1. The van der Waals surface area contributed by atoms with Gasteiger partial charge in [-0.15, -0.1) is 11.8 Å². The monoisotopic (exact) mass is 271 g/mol. The lowest BCUT2D eigenvalue weighted by Crippen LogP contribution is -2.51. The lowest BCUT2D eigenvalue weighted by molar-refractivity contribution is -0.137. The van der Waals surface area contributed by atoms with Crippen molar-refractivity contribution in [3.05, 3.63) is 0 Å². The molecule has 0 aromatic heterocycles. The standard InChI is InChI=1S/C12H21N3O2S/c1-8-3-4-11-15(8)12(17)9(5-6-18-11)14-10(16)7-13-2/h8-9,11,13H,3-7H2,1-2H3,(H,14,16). The van der Waals surface area contributed by atoms with E-state index in [4.69, 9.17) is 0 Å². The highest BCUT2D eigenvalue weighted by molar-refractivity contribution is 7.99. The van der Waals surface area contributed by atoms with E-state index in [0.29, 0.717) is 11.4 Å². The fourth-order valence-electron chi connectivity index (χ4n) is 2.63. The van der Waals surface area contributed by atoms with Crippen molar-refractivity contribution < 1.29 is 9.59 Å². The van der Waals surface area contributed by atoms with Gasteiger partial charge in [0.15, 0.2) is 0 Å². The Labute approximate surface area is 112 Å². The number of hydrogen-bond acceptors (Lipinski definition) is 4. The van der Waals surface area contributed by atoms with E-state index in [9.17, 15) is 9.59 Å². The average Bonchev–Trinajstić information content (AvgIpc) is 2.61. The minimum atomic E-state index is -0.344. The van der Waals surface area contributed by atoms with Crippen molar-refractivity contribution in [2.24, 2.45) is 0 Å². The maximum atomic E-state index is 12.5. The van der Waals surface area contributed by atoms with Gasteiger partial charge in [-0.1, -0.05) is 0 Å². The van der Waals surface area contributed by atoms with E-state index in [1.807, 2.05) is 16.7 Å². The van der Waals surface area contributed by atoms with Gasteiger partial charge >= 0.3 is 0 Å². The van der Waals surface area contributed by atoms with E-state index in [2.05, 4.69) is 17.6 Å². The number of fused-ring (bicyclic) bond motifs is 1. The quantitative estimate of drug-likeness (QED) is 0.768. The van der Waals surface area contributed by atoms with E-state index in [1.165, 1.54) is 0 Å². The summed E-state index contributed by atoms with van der Waals surface area (Å²) < 4.78 is 0. The molecule has 2 amide bonds. The molecule has 0 aromatic rings. The molecule has 0 aromatic carbocycles. The molecule has 2 rings (SSSR count). The molecule has 0 aliphatic carbocycles. The third-order valence-corrected chi connectivity index (χ3v) is 4.88. The summed E-state index contributed by atoms with van der Waals surface area (Å²) in [5.41, 5.74) is 0. The Kier molecular flexibility index (Phi) is 4.50. The largest absolute Gasteiger partial charge is 0.343 e. The Hall–Kier alpha value is -0.750. The number of hydrogen-bond donors (Lipinski definition) is 2. The van der Waals surface area contributed by atoms with Crippen LogP contribution in [0.4, 0.5) is 0 Å². The van der Waals surface area contributed by atoms with Crippen LogP contribution in [0.5, 0.6) is 0 Å². The van der Waals surface area contributed by atoms with Gasteiger partial charge in [-0.2, -0.15) is 0 Å². The van der Waals surface area contributed by atoms with Crippen molar-refractivity contribution in [2.75, 3.05) is 19.3 Å². The summed E-state index contributed by atoms with van der Waals surface area (Å²) in [6.07, 6.45) is 2.88. The highest BCUT2D eigenvalue weighted by Crippen LogP contribution is 2.35. The van der Waals surface area contributed by atoms with Gasteiger partial charge in [0.25, 0.3) is 0 Å². The lowest BCUT2D eigenvalue weighted by Gasteiger charge is -2.28. The van der Waals surface area contributed by atoms with Gasteiger partial charge in [-0.3, -0.25) is 9.59 Å². The molecule has 3 unspecified atom stereocenters. The van der Waals surface area contributed by atoms with Crippen LogP contribution in [0.3, 0.4) is 0 Å². The molecule has 2 aliphatic heterocycles. The predicted octanol–water partition coefficient (Wildman–Crippen LogP) is 0.165. The fourth-order valence-corrected chi connectivity index (χ4v) is 4.05. The van der Waals surface area contributed by atoms with Crippen molar-refractivity contribution in [3.63, 3.8) is 0 Å². The number of carbonyl (C=O) groups excluding carboxylic acids is 2. The Morgan fingerprint density at radius 2 is 2.22 bits per heavy atom. The van der Waals surface area contributed by atoms with Gasteiger partial charge in [0.2, 0.25) is 11.8 Å². The molecular formula is C12H21N3O2S. The number of carbonyl (C=O) groups is 2. The zero-order chi connectivity index (χ0) is 13.1. The first-order chi connectivity index (χ1) is 8.63. The molecule has 2 aliphatic rings. The van der Waals surface area contributed by atoms with Crippen molar-refractivity contribution in [1.82, 2.24) is 15.5 Å². The van der Waals surface area contributed by atoms with Crippen LogP contribution in [0.1, 0.15) is 26.2 Å². The van der Waals surface area contributed by atoms with Crippen LogP contribution in [-0.2, 0) is 9.59 Å². The van der Waals surface area contributed by atoms with Crippen LogP contribution in [0.25, 0.3) is 0 Å². The molecule has 6 heteroatoms. The second kappa shape index (κ2) is 5.93. The lowest BCUT2D eigenvalue weighted by atomic mass is 10.1. The first-order valence-corrected chi connectivity index (χ1v) is 7.56. The summed E-state index contributed by atoms with van der Waals surface area (Å²) in [6.45, 7) is 2.35. The number of nitrogens with one attached hydrogen (secondary N) is 2. The second-order valence-corrected chi connectivity index (χ2v) is 6.22. The van der Waals surface area contributed by atoms with Crippen LogP contribution in [0, 0.1) is 0 Å². The molecule has 2 fully saturated rings. The smallest absolute Gasteiger partial charge is 0.246 e. The molecule has 0 bridgehead atoms. The zero-order valence-electron chi connectivity index (χ0n) is 10.9. The van der Waals surface area contributed by atoms with E-state index in [1.54, 1.807) is 7.05 Å². The van der Waals surface area contributed by atoms with Crippen molar-refractivity contribution in [3.8, 4) is 0 Å². The van der Waals surface area contributed by atoms with E-state index < -0.39 is 0 Å². The Morgan fingerprint density at radius 3 is 2.94 bits per heavy atom. The second-order valence-electron chi connectivity index (χ2n) is 4.94. The van der Waals surface area contributed by atoms with Crippen molar-refractivity contribution in [2.45, 2.75) is 43.6 Å². The summed E-state index contributed by atoms with van der Waals surface area (Å²) in [5, 5.41) is 5.96. The molecule has 102 valence electrons.